The van der Waals surface area contributed by atoms with Crippen molar-refractivity contribution in [2.45, 2.75) is 32.0 Å². The second-order valence-corrected chi connectivity index (χ2v) is 7.71. The molecule has 1 aliphatic carbocycles. The highest BCUT2D eigenvalue weighted by atomic mass is 16.5. The molecule has 1 unspecified atom stereocenters. The fourth-order valence-corrected chi connectivity index (χ4v) is 3.59. The van der Waals surface area contributed by atoms with Crippen molar-refractivity contribution < 1.29 is 4.74 Å². The van der Waals surface area contributed by atoms with Gasteiger partial charge in [-0.05, 0) is 61.7 Å². The zero-order valence-electron chi connectivity index (χ0n) is 17.1. The van der Waals surface area contributed by atoms with Gasteiger partial charge in [-0.15, -0.1) is 0 Å². The summed E-state index contributed by atoms with van der Waals surface area (Å²) in [5, 5.41) is 3.45. The van der Waals surface area contributed by atoms with E-state index in [1.165, 1.54) is 12.8 Å². The summed E-state index contributed by atoms with van der Waals surface area (Å²) in [5.41, 5.74) is 6.00. The molecule has 6 nitrogen and oxygen atoms in total. The first-order valence-electron chi connectivity index (χ1n) is 10.2. The Morgan fingerprint density at radius 2 is 1.97 bits per heavy atom. The third-order valence-electron chi connectivity index (χ3n) is 5.44. The van der Waals surface area contributed by atoms with Gasteiger partial charge in [0, 0.05) is 36.4 Å². The van der Waals surface area contributed by atoms with E-state index in [1.54, 1.807) is 13.3 Å². The van der Waals surface area contributed by atoms with E-state index in [0.717, 1.165) is 39.6 Å². The lowest BCUT2D eigenvalue weighted by atomic mass is 10.1. The van der Waals surface area contributed by atoms with Crippen LogP contribution in [0.4, 0.5) is 5.69 Å². The predicted octanol–water partition coefficient (Wildman–Crippen LogP) is 3.53. The van der Waals surface area contributed by atoms with Crippen molar-refractivity contribution in [1.82, 2.24) is 19.5 Å². The highest BCUT2D eigenvalue weighted by Crippen LogP contribution is 2.29. The standard InChI is InChI=1S/C24H24N5O/c1-16-6-7-19(14-26-16)17-10-11-25-22(13-17)24(30-2)28-20-5-3-4-18(12-20)23-27-15-29(23)21-8-9-21/h3-7,10-15,21,24,28H,8-9H2,1-2H3/q+1. The molecule has 0 bridgehead atoms. The Morgan fingerprint density at radius 1 is 1.07 bits per heavy atom. The number of ether oxygens (including phenoxy) is 1. The molecule has 6 heteroatoms. The van der Waals surface area contributed by atoms with E-state index in [1.807, 2.05) is 49.8 Å². The predicted molar refractivity (Wildman–Crippen MR) is 119 cm³/mol. The second kappa shape index (κ2) is 7.75. The average Bonchev–Trinajstić information content (AvgIpc) is 3.57. The summed E-state index contributed by atoms with van der Waals surface area (Å²) < 4.78 is 10.2. The van der Waals surface area contributed by atoms with E-state index in [-0.39, 0.29) is 6.23 Å². The molecule has 1 aliphatic heterocycles. The number of aromatic nitrogens is 2. The van der Waals surface area contributed by atoms with Gasteiger partial charge in [-0.2, -0.15) is 0 Å². The Bertz CT molecular complexity index is 1130. The molecule has 5 rings (SSSR count). The molecule has 0 saturated heterocycles. The normalized spacial score (nSPS) is 16.1. The van der Waals surface area contributed by atoms with Gasteiger partial charge < -0.3 is 10.1 Å². The van der Waals surface area contributed by atoms with E-state index in [0.29, 0.717) is 6.04 Å². The van der Waals surface area contributed by atoms with Crippen molar-refractivity contribution in [2.75, 3.05) is 12.4 Å². The first kappa shape index (κ1) is 18.6. The molecule has 30 heavy (non-hydrogen) atoms. The van der Waals surface area contributed by atoms with E-state index in [9.17, 15) is 0 Å². The Hall–Kier alpha value is -3.47. The summed E-state index contributed by atoms with van der Waals surface area (Å²) in [6.07, 6.45) is 7.75. The summed E-state index contributed by atoms with van der Waals surface area (Å²) in [7, 11) is 1.68. The third kappa shape index (κ3) is 3.71. The summed E-state index contributed by atoms with van der Waals surface area (Å²) in [4.78, 5) is 11.2. The molecule has 0 radical (unpaired) electrons. The van der Waals surface area contributed by atoms with Crippen LogP contribution in [0.3, 0.4) is 0 Å². The molecule has 1 fully saturated rings. The number of hydrogen-bond donors (Lipinski definition) is 1. The molecule has 0 amide bonds. The van der Waals surface area contributed by atoms with Crippen LogP contribution < -0.4 is 9.98 Å². The number of hydrogen-bond acceptors (Lipinski definition) is 5. The van der Waals surface area contributed by atoms with Gasteiger partial charge in [0.2, 0.25) is 0 Å². The van der Waals surface area contributed by atoms with E-state index in [4.69, 9.17) is 4.74 Å². The van der Waals surface area contributed by atoms with E-state index < -0.39 is 0 Å². The highest BCUT2D eigenvalue weighted by Gasteiger charge is 2.40. The van der Waals surface area contributed by atoms with Gasteiger partial charge in [0.05, 0.1) is 17.3 Å². The fraction of sp³-hybridized carbons (Fsp3) is 0.250. The maximum Gasteiger partial charge on any atom is 0.326 e. The number of rotatable bonds is 7. The minimum absolute atomic E-state index is 0.368. The van der Waals surface area contributed by atoms with Gasteiger partial charge in [0.15, 0.2) is 6.23 Å². The minimum atomic E-state index is -0.368. The number of methoxy groups -OCH3 is 1. The molecule has 3 aromatic rings. The summed E-state index contributed by atoms with van der Waals surface area (Å²) in [5.74, 6) is 1.04. The Labute approximate surface area is 176 Å². The molecule has 1 aromatic carbocycles. The van der Waals surface area contributed by atoms with Crippen LogP contribution in [0.25, 0.3) is 11.1 Å². The van der Waals surface area contributed by atoms with E-state index >= 15 is 0 Å². The zero-order chi connectivity index (χ0) is 20.5. The minimum Gasteiger partial charge on any atom is -0.356 e. The number of aryl methyl sites for hydroxylation is 1. The quantitative estimate of drug-likeness (QED) is 0.487. The third-order valence-corrected chi connectivity index (χ3v) is 5.44. The van der Waals surface area contributed by atoms with E-state index in [2.05, 4.69) is 43.1 Å². The lowest BCUT2D eigenvalue weighted by Crippen LogP contribution is -2.42. The number of benzene rings is 1. The van der Waals surface area contributed by atoms with Gasteiger partial charge in [-0.25, -0.2) is 9.57 Å². The number of pyridine rings is 2. The van der Waals surface area contributed by atoms with Crippen LogP contribution in [0, 0.1) is 6.92 Å². The molecular formula is C24H24N5O+. The van der Waals surface area contributed by atoms with Crippen molar-refractivity contribution >= 4 is 17.9 Å². The van der Waals surface area contributed by atoms with Crippen LogP contribution in [-0.4, -0.2) is 40.2 Å². The lowest BCUT2D eigenvalue weighted by Gasteiger charge is -2.20. The Morgan fingerprint density at radius 3 is 2.67 bits per heavy atom. The number of nitrogens with one attached hydrogen (secondary N) is 1. The molecule has 1 saturated carbocycles. The molecule has 1 N–H and O–H groups in total. The zero-order valence-corrected chi connectivity index (χ0v) is 17.1. The number of amidine groups is 1. The van der Waals surface area contributed by atoms with Crippen LogP contribution >= 0.6 is 0 Å². The molecule has 1 atom stereocenters. The Balaban J connectivity index is 1.36. The second-order valence-electron chi connectivity index (χ2n) is 7.71. The molecular weight excluding hydrogens is 374 g/mol. The summed E-state index contributed by atoms with van der Waals surface area (Å²) >= 11 is 0. The van der Waals surface area contributed by atoms with Crippen LogP contribution in [0.15, 0.2) is 60.9 Å². The summed E-state index contributed by atoms with van der Waals surface area (Å²) in [6, 6.07) is 17.0. The van der Waals surface area contributed by atoms with Crippen molar-refractivity contribution in [3.05, 3.63) is 77.9 Å². The number of anilines is 1. The maximum atomic E-state index is 5.72. The van der Waals surface area contributed by atoms with Gasteiger partial charge in [-0.1, -0.05) is 12.1 Å². The molecule has 2 aromatic heterocycles. The smallest absolute Gasteiger partial charge is 0.326 e. The highest BCUT2D eigenvalue weighted by molar-refractivity contribution is 6.10. The first-order chi connectivity index (χ1) is 14.7. The molecule has 3 heterocycles. The molecule has 2 aliphatic rings. The van der Waals surface area contributed by atoms with Crippen molar-refractivity contribution in [1.29, 1.82) is 0 Å². The van der Waals surface area contributed by atoms with Crippen LogP contribution in [0.1, 0.15) is 36.0 Å². The van der Waals surface area contributed by atoms with Crippen molar-refractivity contribution in [3.8, 4) is 11.1 Å². The average molecular weight is 398 g/mol. The first-order valence-corrected chi connectivity index (χ1v) is 10.2. The lowest BCUT2D eigenvalue weighted by molar-refractivity contribution is 0.123. The monoisotopic (exact) mass is 398 g/mol. The van der Waals surface area contributed by atoms with Crippen LogP contribution in [0.5, 0.6) is 0 Å². The topological polar surface area (TPSA) is 64.4 Å². The van der Waals surface area contributed by atoms with Gasteiger partial charge in [0.1, 0.15) is 0 Å². The van der Waals surface area contributed by atoms with Crippen LogP contribution in [-0.2, 0) is 4.74 Å². The Kier molecular flexibility index (Phi) is 4.79. The van der Waals surface area contributed by atoms with Crippen LogP contribution in [0.2, 0.25) is 0 Å². The van der Waals surface area contributed by atoms with Gasteiger partial charge in [-0.3, -0.25) is 9.97 Å². The van der Waals surface area contributed by atoms with Crippen molar-refractivity contribution in [3.63, 3.8) is 0 Å². The largest absolute Gasteiger partial charge is 0.356 e. The fourth-order valence-electron chi connectivity index (χ4n) is 3.59. The molecule has 150 valence electrons. The van der Waals surface area contributed by atoms with Gasteiger partial charge >= 0.3 is 5.84 Å². The maximum absolute atomic E-state index is 5.72. The molecule has 0 spiro atoms. The summed E-state index contributed by atoms with van der Waals surface area (Å²) in [6.45, 7) is 1.98. The van der Waals surface area contributed by atoms with Crippen molar-refractivity contribution in [2.24, 2.45) is 0 Å². The number of nitrogens with zero attached hydrogens (tertiary/aromatic N) is 4. The van der Waals surface area contributed by atoms with Gasteiger partial charge in [0.25, 0.3) is 6.34 Å². The SMILES string of the molecule is COC(Nc1cccc(C2=[N+]=CN2C2CC2)c1)c1cc(-c2ccc(C)nc2)ccn1.